The molecule has 1 nitrogen and oxygen atoms in total. The summed E-state index contributed by atoms with van der Waals surface area (Å²) in [4.78, 5) is 3.43. The molecular weight excluding hydrogens is 227 g/mol. The van der Waals surface area contributed by atoms with Gasteiger partial charge in [-0.1, -0.05) is 35.9 Å². The minimum Gasteiger partial charge on any atom is -0.251 e. The van der Waals surface area contributed by atoms with Gasteiger partial charge in [0.15, 0.2) is 5.69 Å². The smallest absolute Gasteiger partial charge is 0.251 e. The fourth-order valence-corrected chi connectivity index (χ4v) is 1.68. The van der Waals surface area contributed by atoms with Crippen molar-refractivity contribution in [2.75, 3.05) is 0 Å². The number of hydrogen-bond donors (Lipinski definition) is 0. The minimum atomic E-state index is -4.43. The van der Waals surface area contributed by atoms with E-state index in [0.29, 0.717) is 5.56 Å². The van der Waals surface area contributed by atoms with Crippen LogP contribution in [0.2, 0.25) is 0 Å². The van der Waals surface area contributed by atoms with Gasteiger partial charge < -0.3 is 0 Å². The van der Waals surface area contributed by atoms with Gasteiger partial charge in [-0.15, -0.1) is 0 Å². The van der Waals surface area contributed by atoms with E-state index in [4.69, 9.17) is 0 Å². The normalized spacial score (nSPS) is 11.5. The van der Waals surface area contributed by atoms with Crippen LogP contribution in [0.25, 0.3) is 11.1 Å². The Morgan fingerprint density at radius 2 is 1.82 bits per heavy atom. The first-order valence-electron chi connectivity index (χ1n) is 5.08. The molecular formula is C13H10F3N. The molecule has 1 aromatic carbocycles. The number of alkyl halides is 3. The standard InChI is InChI=1S/C13H10F3N/c1-9-4-2-5-10(8-9)11-6-3-7-17-12(11)13(14,15)16/h2-8H,1H3. The Balaban J connectivity index is 2.60. The summed E-state index contributed by atoms with van der Waals surface area (Å²) >= 11 is 0. The molecule has 0 saturated heterocycles. The summed E-state index contributed by atoms with van der Waals surface area (Å²) in [6.45, 7) is 1.84. The number of benzene rings is 1. The van der Waals surface area contributed by atoms with Crippen LogP contribution >= 0.6 is 0 Å². The van der Waals surface area contributed by atoms with Crippen LogP contribution in [0.4, 0.5) is 13.2 Å². The Kier molecular flexibility index (Phi) is 2.88. The first-order chi connectivity index (χ1) is 7.98. The molecule has 0 fully saturated rings. The minimum absolute atomic E-state index is 0.115. The van der Waals surface area contributed by atoms with Gasteiger partial charge in [-0.05, 0) is 18.6 Å². The van der Waals surface area contributed by atoms with Gasteiger partial charge in [0, 0.05) is 11.8 Å². The third-order valence-corrected chi connectivity index (χ3v) is 2.41. The van der Waals surface area contributed by atoms with E-state index >= 15 is 0 Å². The van der Waals surface area contributed by atoms with Crippen molar-refractivity contribution >= 4 is 0 Å². The monoisotopic (exact) mass is 237 g/mol. The Hall–Kier alpha value is -1.84. The van der Waals surface area contributed by atoms with E-state index in [1.165, 1.54) is 12.1 Å². The van der Waals surface area contributed by atoms with Crippen LogP contribution in [0.5, 0.6) is 0 Å². The highest BCUT2D eigenvalue weighted by molar-refractivity contribution is 5.66. The summed E-state index contributed by atoms with van der Waals surface area (Å²) in [6.07, 6.45) is -3.28. The Morgan fingerprint density at radius 3 is 2.47 bits per heavy atom. The number of halogens is 3. The molecule has 0 amide bonds. The SMILES string of the molecule is Cc1cccc(-c2cccnc2C(F)(F)F)c1. The van der Waals surface area contributed by atoms with Gasteiger partial charge in [0.25, 0.3) is 0 Å². The molecule has 0 aliphatic carbocycles. The second-order valence-corrected chi connectivity index (χ2v) is 3.77. The molecule has 0 aliphatic heterocycles. The van der Waals surface area contributed by atoms with Crippen molar-refractivity contribution in [3.05, 3.63) is 53.9 Å². The van der Waals surface area contributed by atoms with Crippen molar-refractivity contribution in [3.63, 3.8) is 0 Å². The van der Waals surface area contributed by atoms with Gasteiger partial charge in [-0.2, -0.15) is 13.2 Å². The van der Waals surface area contributed by atoms with E-state index in [0.717, 1.165) is 11.8 Å². The summed E-state index contributed by atoms with van der Waals surface area (Å²) < 4.78 is 38.3. The molecule has 0 atom stereocenters. The fourth-order valence-electron chi connectivity index (χ4n) is 1.68. The molecule has 4 heteroatoms. The highest BCUT2D eigenvalue weighted by atomic mass is 19.4. The van der Waals surface area contributed by atoms with E-state index in [1.54, 1.807) is 18.2 Å². The second kappa shape index (κ2) is 4.20. The number of aromatic nitrogens is 1. The number of aryl methyl sites for hydroxylation is 1. The maximum atomic E-state index is 12.8. The fraction of sp³-hybridized carbons (Fsp3) is 0.154. The molecule has 2 aromatic rings. The number of nitrogens with zero attached hydrogens (tertiary/aromatic N) is 1. The first-order valence-corrected chi connectivity index (χ1v) is 5.08. The Bertz CT molecular complexity index is 532. The zero-order valence-electron chi connectivity index (χ0n) is 9.12. The molecule has 0 radical (unpaired) electrons. The van der Waals surface area contributed by atoms with Crippen molar-refractivity contribution in [1.82, 2.24) is 4.98 Å². The van der Waals surface area contributed by atoms with E-state index in [9.17, 15) is 13.2 Å². The molecule has 1 heterocycles. The predicted octanol–water partition coefficient (Wildman–Crippen LogP) is 4.08. The third kappa shape index (κ3) is 2.46. The number of pyridine rings is 1. The van der Waals surface area contributed by atoms with Gasteiger partial charge in [0.1, 0.15) is 0 Å². The van der Waals surface area contributed by atoms with Crippen molar-refractivity contribution in [1.29, 1.82) is 0 Å². The lowest BCUT2D eigenvalue weighted by Gasteiger charge is -2.11. The summed E-state index contributed by atoms with van der Waals surface area (Å²) in [7, 11) is 0. The van der Waals surface area contributed by atoms with Crippen LogP contribution < -0.4 is 0 Å². The number of rotatable bonds is 1. The molecule has 0 bridgehead atoms. The molecule has 0 saturated carbocycles. The van der Waals surface area contributed by atoms with Crippen LogP contribution in [0, 0.1) is 6.92 Å². The first kappa shape index (κ1) is 11.6. The van der Waals surface area contributed by atoms with Crippen LogP contribution in [-0.4, -0.2) is 4.98 Å². The molecule has 2 rings (SSSR count). The van der Waals surface area contributed by atoms with Crippen molar-refractivity contribution < 1.29 is 13.2 Å². The van der Waals surface area contributed by atoms with Gasteiger partial charge in [0.05, 0.1) is 0 Å². The molecule has 0 N–H and O–H groups in total. The van der Waals surface area contributed by atoms with E-state index in [2.05, 4.69) is 4.98 Å². The van der Waals surface area contributed by atoms with Crippen molar-refractivity contribution in [2.24, 2.45) is 0 Å². The molecule has 1 aromatic heterocycles. The predicted molar refractivity (Wildman–Crippen MR) is 59.4 cm³/mol. The summed E-state index contributed by atoms with van der Waals surface area (Å²) in [6, 6.07) is 9.88. The van der Waals surface area contributed by atoms with E-state index in [1.807, 2.05) is 13.0 Å². The largest absolute Gasteiger partial charge is 0.433 e. The second-order valence-electron chi connectivity index (χ2n) is 3.77. The summed E-state index contributed by atoms with van der Waals surface area (Å²) in [5, 5.41) is 0. The van der Waals surface area contributed by atoms with E-state index < -0.39 is 11.9 Å². The molecule has 88 valence electrons. The van der Waals surface area contributed by atoms with Crippen molar-refractivity contribution in [3.8, 4) is 11.1 Å². The lowest BCUT2D eigenvalue weighted by atomic mass is 10.0. The molecule has 0 aliphatic rings. The number of hydrogen-bond acceptors (Lipinski definition) is 1. The van der Waals surface area contributed by atoms with Gasteiger partial charge >= 0.3 is 6.18 Å². The Labute approximate surface area is 96.9 Å². The van der Waals surface area contributed by atoms with Crippen LogP contribution in [0.3, 0.4) is 0 Å². The molecule has 0 unspecified atom stereocenters. The van der Waals surface area contributed by atoms with Crippen LogP contribution in [0.1, 0.15) is 11.3 Å². The highest BCUT2D eigenvalue weighted by Gasteiger charge is 2.35. The Morgan fingerprint density at radius 1 is 1.06 bits per heavy atom. The zero-order chi connectivity index (χ0) is 12.5. The quantitative estimate of drug-likeness (QED) is 0.728. The van der Waals surface area contributed by atoms with Crippen LogP contribution in [0.15, 0.2) is 42.6 Å². The average molecular weight is 237 g/mol. The summed E-state index contributed by atoms with van der Waals surface area (Å²) in [5.74, 6) is 0. The van der Waals surface area contributed by atoms with E-state index in [-0.39, 0.29) is 5.56 Å². The maximum Gasteiger partial charge on any atom is 0.433 e. The van der Waals surface area contributed by atoms with Gasteiger partial charge in [-0.25, -0.2) is 0 Å². The summed E-state index contributed by atoms with van der Waals surface area (Å²) in [5.41, 5.74) is 0.721. The third-order valence-electron chi connectivity index (χ3n) is 2.41. The van der Waals surface area contributed by atoms with Crippen molar-refractivity contribution in [2.45, 2.75) is 13.1 Å². The molecule has 0 spiro atoms. The van der Waals surface area contributed by atoms with Gasteiger partial charge in [0.2, 0.25) is 0 Å². The molecule has 17 heavy (non-hydrogen) atoms. The van der Waals surface area contributed by atoms with Gasteiger partial charge in [-0.3, -0.25) is 4.98 Å². The highest BCUT2D eigenvalue weighted by Crippen LogP contribution is 2.35. The lowest BCUT2D eigenvalue weighted by Crippen LogP contribution is -2.09. The maximum absolute atomic E-state index is 12.8. The topological polar surface area (TPSA) is 12.9 Å². The average Bonchev–Trinajstić information content (AvgIpc) is 2.28. The van der Waals surface area contributed by atoms with Crippen LogP contribution in [-0.2, 0) is 6.18 Å². The zero-order valence-corrected chi connectivity index (χ0v) is 9.12. The lowest BCUT2D eigenvalue weighted by molar-refractivity contribution is -0.140.